The number of benzene rings is 1. The molecule has 0 heterocycles. The molecule has 0 aliphatic carbocycles. The average Bonchev–Trinajstić information content (AvgIpc) is 2.18. The maximum absolute atomic E-state index is 12.9. The van der Waals surface area contributed by atoms with E-state index in [1.54, 1.807) is 12.1 Å². The smallest absolute Gasteiger partial charge is 0.295 e. The van der Waals surface area contributed by atoms with Crippen LogP contribution in [0.25, 0.3) is 0 Å². The number of rotatable bonds is 3. The normalized spacial score (nSPS) is 11.7. The number of halogens is 2. The number of thioether (sulfide) groups is 1. The first-order valence-corrected chi connectivity index (χ1v) is 4.96. The van der Waals surface area contributed by atoms with Gasteiger partial charge in [0.25, 0.3) is 5.92 Å². The van der Waals surface area contributed by atoms with Crippen molar-refractivity contribution in [3.05, 3.63) is 29.8 Å². The molecule has 1 N–H and O–H groups in total. The summed E-state index contributed by atoms with van der Waals surface area (Å²) < 4.78 is 25.7. The van der Waals surface area contributed by atoms with Gasteiger partial charge in [-0.2, -0.15) is 8.78 Å². The largest absolute Gasteiger partial charge is 0.390 e. The van der Waals surface area contributed by atoms with Gasteiger partial charge in [0, 0.05) is 10.5 Å². The summed E-state index contributed by atoms with van der Waals surface area (Å²) in [6, 6.07) is 5.90. The standard InChI is InChI=1S/C9H10F2OS/c1-13-8-4-2-7(3-5-8)9(10,11)6-12/h2-5,12H,6H2,1H3. The summed E-state index contributed by atoms with van der Waals surface area (Å²) in [5, 5.41) is 8.42. The van der Waals surface area contributed by atoms with Crippen molar-refractivity contribution in [1.29, 1.82) is 0 Å². The second-order valence-corrected chi connectivity index (χ2v) is 3.47. The molecule has 0 fully saturated rings. The van der Waals surface area contributed by atoms with Crippen molar-refractivity contribution in [2.45, 2.75) is 10.8 Å². The highest BCUT2D eigenvalue weighted by Crippen LogP contribution is 2.28. The Hall–Kier alpha value is -0.610. The van der Waals surface area contributed by atoms with Crippen LogP contribution in [0.5, 0.6) is 0 Å². The molecule has 0 aliphatic rings. The zero-order chi connectivity index (χ0) is 9.90. The lowest BCUT2D eigenvalue weighted by Gasteiger charge is -2.13. The van der Waals surface area contributed by atoms with Gasteiger partial charge in [0.15, 0.2) is 0 Å². The van der Waals surface area contributed by atoms with E-state index in [9.17, 15) is 8.78 Å². The Kier molecular flexibility index (Phi) is 3.27. The van der Waals surface area contributed by atoms with Crippen molar-refractivity contribution in [2.24, 2.45) is 0 Å². The van der Waals surface area contributed by atoms with Crippen LogP contribution in [-0.2, 0) is 5.92 Å². The minimum atomic E-state index is -3.13. The maximum atomic E-state index is 12.9. The monoisotopic (exact) mass is 204 g/mol. The highest BCUT2D eigenvalue weighted by atomic mass is 32.2. The number of hydrogen-bond acceptors (Lipinski definition) is 2. The Morgan fingerprint density at radius 2 is 1.85 bits per heavy atom. The van der Waals surface area contributed by atoms with Crippen molar-refractivity contribution in [3.63, 3.8) is 0 Å². The summed E-state index contributed by atoms with van der Waals surface area (Å²) in [6.07, 6.45) is 1.87. The molecule has 1 aromatic rings. The van der Waals surface area contributed by atoms with Gasteiger partial charge in [-0.25, -0.2) is 0 Å². The third kappa shape index (κ3) is 2.42. The summed E-state index contributed by atoms with van der Waals surface area (Å²) in [4.78, 5) is 0.928. The van der Waals surface area contributed by atoms with Gasteiger partial charge in [0.1, 0.15) is 6.61 Å². The Morgan fingerprint density at radius 1 is 1.31 bits per heavy atom. The molecule has 1 nitrogen and oxygen atoms in total. The molecular weight excluding hydrogens is 194 g/mol. The fraction of sp³-hybridized carbons (Fsp3) is 0.333. The molecular formula is C9H10F2OS. The Bertz CT molecular complexity index is 271. The topological polar surface area (TPSA) is 20.2 Å². The van der Waals surface area contributed by atoms with Gasteiger partial charge in [0.05, 0.1) is 0 Å². The minimum absolute atomic E-state index is 0.146. The van der Waals surface area contributed by atoms with Crippen molar-refractivity contribution in [2.75, 3.05) is 12.9 Å². The van der Waals surface area contributed by atoms with E-state index in [1.807, 2.05) is 6.26 Å². The SMILES string of the molecule is CSc1ccc(C(F)(F)CO)cc1. The lowest BCUT2D eigenvalue weighted by atomic mass is 10.1. The van der Waals surface area contributed by atoms with Crippen molar-refractivity contribution >= 4 is 11.8 Å². The molecule has 0 atom stereocenters. The van der Waals surface area contributed by atoms with Crippen LogP contribution in [-0.4, -0.2) is 18.0 Å². The molecule has 0 spiro atoms. The van der Waals surface area contributed by atoms with Crippen molar-refractivity contribution < 1.29 is 13.9 Å². The summed E-state index contributed by atoms with van der Waals surface area (Å²) in [6.45, 7) is -1.15. The van der Waals surface area contributed by atoms with Crippen LogP contribution in [0, 0.1) is 0 Å². The van der Waals surface area contributed by atoms with E-state index in [0.717, 1.165) is 4.90 Å². The molecule has 0 unspecified atom stereocenters. The number of alkyl halides is 2. The van der Waals surface area contributed by atoms with Gasteiger partial charge in [0.2, 0.25) is 0 Å². The molecule has 0 radical (unpaired) electrons. The third-order valence-corrected chi connectivity index (χ3v) is 2.45. The van der Waals surface area contributed by atoms with Gasteiger partial charge in [-0.15, -0.1) is 11.8 Å². The maximum Gasteiger partial charge on any atom is 0.295 e. The number of hydrogen-bond donors (Lipinski definition) is 1. The zero-order valence-electron chi connectivity index (χ0n) is 7.13. The molecule has 0 aromatic heterocycles. The lowest BCUT2D eigenvalue weighted by Crippen LogP contribution is -2.18. The van der Waals surface area contributed by atoms with E-state index in [-0.39, 0.29) is 5.56 Å². The van der Waals surface area contributed by atoms with Crippen LogP contribution in [0.2, 0.25) is 0 Å². The molecule has 0 saturated heterocycles. The Labute approximate surface area is 79.8 Å². The first-order valence-electron chi connectivity index (χ1n) is 3.73. The van der Waals surface area contributed by atoms with Crippen molar-refractivity contribution in [3.8, 4) is 0 Å². The zero-order valence-corrected chi connectivity index (χ0v) is 7.94. The predicted molar refractivity (Wildman–Crippen MR) is 49.2 cm³/mol. The highest BCUT2D eigenvalue weighted by molar-refractivity contribution is 7.98. The quantitative estimate of drug-likeness (QED) is 0.763. The van der Waals surface area contributed by atoms with Gasteiger partial charge < -0.3 is 5.11 Å². The molecule has 0 amide bonds. The van der Waals surface area contributed by atoms with Crippen LogP contribution >= 0.6 is 11.8 Å². The van der Waals surface area contributed by atoms with E-state index < -0.39 is 12.5 Å². The van der Waals surface area contributed by atoms with Crippen LogP contribution in [0.15, 0.2) is 29.2 Å². The van der Waals surface area contributed by atoms with Crippen LogP contribution < -0.4 is 0 Å². The summed E-state index contributed by atoms with van der Waals surface area (Å²) in [5.41, 5.74) is -0.146. The molecule has 4 heteroatoms. The fourth-order valence-corrected chi connectivity index (χ4v) is 1.33. The van der Waals surface area contributed by atoms with Gasteiger partial charge in [-0.1, -0.05) is 12.1 Å². The number of aliphatic hydroxyl groups is 1. The van der Waals surface area contributed by atoms with E-state index in [0.29, 0.717) is 0 Å². The lowest BCUT2D eigenvalue weighted by molar-refractivity contribution is -0.0556. The molecule has 0 saturated carbocycles. The molecule has 0 aliphatic heterocycles. The molecule has 1 aromatic carbocycles. The van der Waals surface area contributed by atoms with E-state index in [2.05, 4.69) is 0 Å². The van der Waals surface area contributed by atoms with Crippen LogP contribution in [0.3, 0.4) is 0 Å². The Morgan fingerprint density at radius 3 is 2.23 bits per heavy atom. The molecule has 72 valence electrons. The molecule has 13 heavy (non-hydrogen) atoms. The summed E-state index contributed by atoms with van der Waals surface area (Å²) in [5.74, 6) is -3.13. The second kappa shape index (κ2) is 4.07. The minimum Gasteiger partial charge on any atom is -0.390 e. The van der Waals surface area contributed by atoms with Crippen LogP contribution in [0.1, 0.15) is 5.56 Å². The first kappa shape index (κ1) is 10.5. The van der Waals surface area contributed by atoms with Gasteiger partial charge in [-0.05, 0) is 18.4 Å². The van der Waals surface area contributed by atoms with Crippen molar-refractivity contribution in [1.82, 2.24) is 0 Å². The van der Waals surface area contributed by atoms with E-state index in [1.165, 1.54) is 23.9 Å². The fourth-order valence-electron chi connectivity index (χ4n) is 0.926. The molecule has 0 bridgehead atoms. The molecule has 1 rings (SSSR count). The second-order valence-electron chi connectivity index (χ2n) is 2.59. The highest BCUT2D eigenvalue weighted by Gasteiger charge is 2.29. The predicted octanol–water partition coefficient (Wildman–Crippen LogP) is 2.49. The Balaban J connectivity index is 2.92. The van der Waals surface area contributed by atoms with Gasteiger partial charge in [-0.3, -0.25) is 0 Å². The average molecular weight is 204 g/mol. The number of aliphatic hydroxyl groups excluding tert-OH is 1. The van der Waals surface area contributed by atoms with E-state index >= 15 is 0 Å². The van der Waals surface area contributed by atoms with E-state index in [4.69, 9.17) is 5.11 Å². The summed E-state index contributed by atoms with van der Waals surface area (Å²) in [7, 11) is 0. The first-order chi connectivity index (χ1) is 6.10. The van der Waals surface area contributed by atoms with Crippen LogP contribution in [0.4, 0.5) is 8.78 Å². The summed E-state index contributed by atoms with van der Waals surface area (Å²) >= 11 is 1.49. The van der Waals surface area contributed by atoms with Gasteiger partial charge >= 0.3 is 0 Å². The third-order valence-electron chi connectivity index (χ3n) is 1.71.